The van der Waals surface area contributed by atoms with Gasteiger partial charge in [0.1, 0.15) is 18.8 Å². The average molecular weight is 309 g/mol. The number of hydrogen-bond donors (Lipinski definition) is 3. The monoisotopic (exact) mass is 309 g/mol. The van der Waals surface area contributed by atoms with E-state index in [0.29, 0.717) is 43.5 Å². The Morgan fingerprint density at radius 1 is 1.23 bits per heavy atom. The minimum Gasteiger partial charge on any atom is -0.486 e. The number of rotatable bonds is 4. The number of anilines is 2. The van der Waals surface area contributed by atoms with Crippen LogP contribution in [0.5, 0.6) is 11.5 Å². The lowest BCUT2D eigenvalue weighted by molar-refractivity contribution is 0.0530. The van der Waals surface area contributed by atoms with Crippen LogP contribution in [0.1, 0.15) is 20.8 Å². The molecule has 1 amide bonds. The van der Waals surface area contributed by atoms with Crippen LogP contribution in [0.4, 0.5) is 16.2 Å². The molecule has 0 saturated heterocycles. The molecular formula is C15H23N3O4. The second kappa shape index (κ2) is 6.64. The zero-order chi connectivity index (χ0) is 16.2. The topological polar surface area (TPSA) is 94.8 Å². The molecule has 1 aromatic carbocycles. The predicted octanol–water partition coefficient (Wildman–Crippen LogP) is 1.98. The van der Waals surface area contributed by atoms with E-state index in [0.717, 1.165) is 5.69 Å². The van der Waals surface area contributed by atoms with Crippen molar-refractivity contribution in [2.45, 2.75) is 26.4 Å². The van der Waals surface area contributed by atoms with Gasteiger partial charge >= 0.3 is 6.09 Å². The summed E-state index contributed by atoms with van der Waals surface area (Å²) >= 11 is 0. The van der Waals surface area contributed by atoms with Gasteiger partial charge in [-0.3, -0.25) is 0 Å². The van der Waals surface area contributed by atoms with Crippen molar-refractivity contribution < 1.29 is 19.0 Å². The Labute approximate surface area is 130 Å². The fourth-order valence-electron chi connectivity index (χ4n) is 1.93. The van der Waals surface area contributed by atoms with E-state index in [1.54, 1.807) is 12.1 Å². The van der Waals surface area contributed by atoms with Crippen LogP contribution in [-0.4, -0.2) is 38.0 Å². The first kappa shape index (κ1) is 16.1. The summed E-state index contributed by atoms with van der Waals surface area (Å²) in [7, 11) is 0. The van der Waals surface area contributed by atoms with Crippen LogP contribution in [0, 0.1) is 0 Å². The second-order valence-electron chi connectivity index (χ2n) is 5.94. The molecule has 0 radical (unpaired) electrons. The fourth-order valence-corrected chi connectivity index (χ4v) is 1.93. The van der Waals surface area contributed by atoms with E-state index in [9.17, 15) is 4.79 Å². The third-order valence-corrected chi connectivity index (χ3v) is 2.82. The highest BCUT2D eigenvalue weighted by molar-refractivity contribution is 5.72. The number of carbonyl (C=O) groups excluding carboxylic acids is 1. The number of nitrogen functional groups attached to an aromatic ring is 1. The van der Waals surface area contributed by atoms with Gasteiger partial charge in [-0.1, -0.05) is 0 Å². The first-order chi connectivity index (χ1) is 10.3. The van der Waals surface area contributed by atoms with Gasteiger partial charge in [0, 0.05) is 25.2 Å². The minimum absolute atomic E-state index is 0.419. The molecule has 22 heavy (non-hydrogen) atoms. The standard InChI is InChI=1S/C15H23N3O4/c1-15(2,3)22-14(19)18-5-4-17-11-9-13-12(8-10(11)16)20-6-7-21-13/h8-9,17H,4-7,16H2,1-3H3,(H,18,19). The minimum atomic E-state index is -0.502. The Balaban J connectivity index is 1.81. The molecule has 0 saturated carbocycles. The third kappa shape index (κ3) is 4.61. The molecule has 0 spiro atoms. The molecule has 1 aliphatic rings. The van der Waals surface area contributed by atoms with E-state index in [-0.39, 0.29) is 0 Å². The van der Waals surface area contributed by atoms with Crippen molar-refractivity contribution in [3.8, 4) is 11.5 Å². The highest BCUT2D eigenvalue weighted by Crippen LogP contribution is 2.36. The number of carbonyl (C=O) groups is 1. The molecule has 4 N–H and O–H groups in total. The van der Waals surface area contributed by atoms with Crippen LogP contribution in [0.25, 0.3) is 0 Å². The highest BCUT2D eigenvalue weighted by atomic mass is 16.6. The van der Waals surface area contributed by atoms with Gasteiger partial charge in [0.2, 0.25) is 0 Å². The normalized spacial score (nSPS) is 13.4. The maximum atomic E-state index is 11.5. The SMILES string of the molecule is CC(C)(C)OC(=O)NCCNc1cc2c(cc1N)OCCO2. The van der Waals surface area contributed by atoms with Crippen LogP contribution in [0.3, 0.4) is 0 Å². The quantitative estimate of drug-likeness (QED) is 0.581. The average Bonchev–Trinajstić information content (AvgIpc) is 2.42. The van der Waals surface area contributed by atoms with Gasteiger partial charge in [0.15, 0.2) is 11.5 Å². The Kier molecular flexibility index (Phi) is 4.85. The molecule has 0 unspecified atom stereocenters. The molecule has 7 nitrogen and oxygen atoms in total. The van der Waals surface area contributed by atoms with Crippen molar-refractivity contribution in [3.63, 3.8) is 0 Å². The summed E-state index contributed by atoms with van der Waals surface area (Å²) in [5.74, 6) is 1.32. The highest BCUT2D eigenvalue weighted by Gasteiger charge is 2.16. The zero-order valence-corrected chi connectivity index (χ0v) is 13.2. The van der Waals surface area contributed by atoms with Crippen LogP contribution >= 0.6 is 0 Å². The molecule has 0 aromatic heterocycles. The second-order valence-corrected chi connectivity index (χ2v) is 5.94. The molecule has 0 fully saturated rings. The van der Waals surface area contributed by atoms with Gasteiger partial charge in [-0.05, 0) is 20.8 Å². The molecule has 1 aromatic rings. The Morgan fingerprint density at radius 3 is 2.50 bits per heavy atom. The number of alkyl carbamates (subject to hydrolysis) is 1. The summed E-state index contributed by atoms with van der Waals surface area (Å²) in [6.07, 6.45) is -0.440. The third-order valence-electron chi connectivity index (χ3n) is 2.82. The van der Waals surface area contributed by atoms with E-state index < -0.39 is 11.7 Å². The van der Waals surface area contributed by atoms with Gasteiger partial charge in [-0.2, -0.15) is 0 Å². The van der Waals surface area contributed by atoms with E-state index in [2.05, 4.69) is 10.6 Å². The van der Waals surface area contributed by atoms with Crippen molar-refractivity contribution in [2.24, 2.45) is 0 Å². The molecule has 1 heterocycles. The Morgan fingerprint density at radius 2 is 1.86 bits per heavy atom. The van der Waals surface area contributed by atoms with Gasteiger partial charge in [-0.25, -0.2) is 4.79 Å². The van der Waals surface area contributed by atoms with E-state index in [1.165, 1.54) is 0 Å². The predicted molar refractivity (Wildman–Crippen MR) is 84.6 cm³/mol. The first-order valence-corrected chi connectivity index (χ1v) is 7.25. The summed E-state index contributed by atoms with van der Waals surface area (Å²) < 4.78 is 16.1. The van der Waals surface area contributed by atoms with Gasteiger partial charge < -0.3 is 30.6 Å². The first-order valence-electron chi connectivity index (χ1n) is 7.25. The zero-order valence-electron chi connectivity index (χ0n) is 13.2. The van der Waals surface area contributed by atoms with Crippen LogP contribution in [-0.2, 0) is 4.74 Å². The van der Waals surface area contributed by atoms with E-state index in [4.69, 9.17) is 19.9 Å². The van der Waals surface area contributed by atoms with Crippen molar-refractivity contribution >= 4 is 17.5 Å². The maximum absolute atomic E-state index is 11.5. The number of amides is 1. The van der Waals surface area contributed by atoms with Gasteiger partial charge in [0.25, 0.3) is 0 Å². The Hall–Kier alpha value is -2.31. The van der Waals surface area contributed by atoms with Crippen molar-refractivity contribution in [1.29, 1.82) is 0 Å². The number of hydrogen-bond acceptors (Lipinski definition) is 6. The molecular weight excluding hydrogens is 286 g/mol. The molecule has 1 aliphatic heterocycles. The number of nitrogens with two attached hydrogens (primary N) is 1. The van der Waals surface area contributed by atoms with E-state index >= 15 is 0 Å². The number of ether oxygens (including phenoxy) is 3. The summed E-state index contributed by atoms with van der Waals surface area (Å²) in [6, 6.07) is 3.54. The fraction of sp³-hybridized carbons (Fsp3) is 0.533. The largest absolute Gasteiger partial charge is 0.486 e. The lowest BCUT2D eigenvalue weighted by Crippen LogP contribution is -2.35. The smallest absolute Gasteiger partial charge is 0.407 e. The molecule has 122 valence electrons. The van der Waals surface area contributed by atoms with Crippen molar-refractivity contribution in [1.82, 2.24) is 5.32 Å². The van der Waals surface area contributed by atoms with Crippen LogP contribution in [0.2, 0.25) is 0 Å². The molecule has 2 rings (SSSR count). The lowest BCUT2D eigenvalue weighted by atomic mass is 10.2. The molecule has 7 heteroatoms. The molecule has 0 atom stereocenters. The number of benzene rings is 1. The summed E-state index contributed by atoms with van der Waals surface area (Å²) in [5, 5.41) is 5.82. The molecule has 0 aliphatic carbocycles. The number of nitrogens with one attached hydrogen (secondary N) is 2. The van der Waals surface area contributed by atoms with Crippen LogP contribution in [0.15, 0.2) is 12.1 Å². The van der Waals surface area contributed by atoms with E-state index in [1.807, 2.05) is 20.8 Å². The lowest BCUT2D eigenvalue weighted by Gasteiger charge is -2.21. The summed E-state index contributed by atoms with van der Waals surface area (Å²) in [5.41, 5.74) is 6.77. The van der Waals surface area contributed by atoms with Gasteiger partial charge in [0.05, 0.1) is 11.4 Å². The van der Waals surface area contributed by atoms with Crippen molar-refractivity contribution in [3.05, 3.63) is 12.1 Å². The Bertz CT molecular complexity index is 540. The van der Waals surface area contributed by atoms with Crippen molar-refractivity contribution in [2.75, 3.05) is 37.4 Å². The summed E-state index contributed by atoms with van der Waals surface area (Å²) in [6.45, 7) is 7.45. The molecule has 0 bridgehead atoms. The maximum Gasteiger partial charge on any atom is 0.407 e. The number of fused-ring (bicyclic) bond motifs is 1. The van der Waals surface area contributed by atoms with Crippen LogP contribution < -0.4 is 25.8 Å². The van der Waals surface area contributed by atoms with Gasteiger partial charge in [-0.15, -0.1) is 0 Å². The summed E-state index contributed by atoms with van der Waals surface area (Å²) in [4.78, 5) is 11.5.